The first-order chi connectivity index (χ1) is 11.2. The normalized spacial score (nSPS) is 13.7. The molecule has 23 heavy (non-hydrogen) atoms. The molecule has 2 N–H and O–H groups in total. The van der Waals surface area contributed by atoms with Crippen molar-refractivity contribution in [3.05, 3.63) is 57.5 Å². The van der Waals surface area contributed by atoms with E-state index in [9.17, 15) is 9.59 Å². The van der Waals surface area contributed by atoms with Gasteiger partial charge in [0.05, 0.1) is 5.69 Å². The number of hydrogen-bond donors (Lipinski definition) is 2. The second-order valence-corrected chi connectivity index (χ2v) is 5.58. The lowest BCUT2D eigenvalue weighted by Crippen LogP contribution is -2.25. The lowest BCUT2D eigenvalue weighted by atomic mass is 9.97. The molecule has 0 bridgehead atoms. The van der Waals surface area contributed by atoms with Crippen LogP contribution >= 0.6 is 0 Å². The van der Waals surface area contributed by atoms with Crippen molar-refractivity contribution in [3.63, 3.8) is 0 Å². The fraction of sp³-hybridized carbons (Fsp3) is 0.250. The number of carbonyl (C=O) groups excluding carboxylic acids is 1. The Balaban J connectivity index is 1.71. The van der Waals surface area contributed by atoms with Crippen molar-refractivity contribution in [2.24, 2.45) is 0 Å². The zero-order valence-electron chi connectivity index (χ0n) is 12.4. The Bertz CT molecular complexity index is 942. The summed E-state index contributed by atoms with van der Waals surface area (Å²) in [6.45, 7) is 0. The average molecular weight is 309 g/mol. The van der Waals surface area contributed by atoms with Crippen molar-refractivity contribution < 1.29 is 4.79 Å². The fourth-order valence-electron chi connectivity index (χ4n) is 2.87. The third-order valence-corrected chi connectivity index (χ3v) is 4.03. The van der Waals surface area contributed by atoms with E-state index in [2.05, 4.69) is 20.4 Å². The smallest absolute Gasteiger partial charge is 0.277 e. The summed E-state index contributed by atoms with van der Waals surface area (Å²) in [4.78, 5) is 33.3. The molecule has 1 aliphatic carbocycles. The van der Waals surface area contributed by atoms with Gasteiger partial charge in [0.1, 0.15) is 0 Å². The van der Waals surface area contributed by atoms with Crippen LogP contribution in [-0.4, -0.2) is 25.5 Å². The molecular weight excluding hydrogens is 294 g/mol. The van der Waals surface area contributed by atoms with Crippen LogP contribution in [0.15, 0.2) is 35.1 Å². The summed E-state index contributed by atoms with van der Waals surface area (Å²) >= 11 is 0. The van der Waals surface area contributed by atoms with Gasteiger partial charge in [0.25, 0.3) is 17.2 Å². The van der Waals surface area contributed by atoms with E-state index in [-0.39, 0.29) is 17.4 Å². The molecule has 0 saturated carbocycles. The molecule has 3 aromatic rings. The highest BCUT2D eigenvalue weighted by Gasteiger charge is 2.19. The summed E-state index contributed by atoms with van der Waals surface area (Å²) < 4.78 is 1.30. The maximum absolute atomic E-state index is 12.5. The van der Waals surface area contributed by atoms with Gasteiger partial charge in [-0.3, -0.25) is 20.0 Å². The number of nitrogens with one attached hydrogen (secondary N) is 2. The molecule has 7 nitrogen and oxygen atoms in total. The first kappa shape index (κ1) is 13.7. The molecule has 0 saturated heterocycles. The predicted octanol–water partition coefficient (Wildman–Crippen LogP) is 1.55. The Kier molecular flexibility index (Phi) is 3.18. The number of amides is 1. The predicted molar refractivity (Wildman–Crippen MR) is 84.6 cm³/mol. The number of aromatic amines is 1. The van der Waals surface area contributed by atoms with Crippen molar-refractivity contribution in [3.8, 4) is 0 Å². The van der Waals surface area contributed by atoms with Crippen LogP contribution in [0.2, 0.25) is 0 Å². The summed E-state index contributed by atoms with van der Waals surface area (Å²) in [7, 11) is 0. The van der Waals surface area contributed by atoms with Crippen LogP contribution in [0.3, 0.4) is 0 Å². The lowest BCUT2D eigenvalue weighted by molar-refractivity contribution is 0.102. The number of fused-ring (bicyclic) bond motifs is 2. The number of nitrogens with zero attached hydrogens (tertiary/aromatic N) is 3. The van der Waals surface area contributed by atoms with E-state index < -0.39 is 0 Å². The Morgan fingerprint density at radius 1 is 1.13 bits per heavy atom. The van der Waals surface area contributed by atoms with Crippen LogP contribution < -0.4 is 10.9 Å². The van der Waals surface area contributed by atoms with Crippen molar-refractivity contribution in [2.45, 2.75) is 25.7 Å². The van der Waals surface area contributed by atoms with Crippen LogP contribution in [0.1, 0.15) is 34.5 Å². The Hall–Kier alpha value is -2.96. The Morgan fingerprint density at radius 2 is 1.91 bits per heavy atom. The van der Waals surface area contributed by atoms with E-state index in [1.807, 2.05) is 6.07 Å². The van der Waals surface area contributed by atoms with Gasteiger partial charge in [-0.25, -0.2) is 4.98 Å². The minimum Gasteiger partial charge on any atom is -0.291 e. The van der Waals surface area contributed by atoms with E-state index >= 15 is 0 Å². The quantitative estimate of drug-likeness (QED) is 0.751. The number of carbonyl (C=O) groups is 1. The maximum atomic E-state index is 12.5. The largest absolute Gasteiger partial charge is 0.291 e. The Morgan fingerprint density at radius 3 is 2.74 bits per heavy atom. The van der Waals surface area contributed by atoms with Gasteiger partial charge in [0.15, 0.2) is 0 Å². The standard InChI is InChI=1S/C16H15N5O2/c22-13(10-6-2-1-3-7-10)18-15-19-16-17-12-9-5-4-8-11(12)14(23)21(16)20-15/h1-3,6-7H,4-5,8-9H2,(H2,17,18,19,20,22). The molecule has 0 radical (unpaired) electrons. The van der Waals surface area contributed by atoms with Gasteiger partial charge in [0, 0.05) is 11.1 Å². The van der Waals surface area contributed by atoms with Gasteiger partial charge in [-0.05, 0) is 37.8 Å². The average Bonchev–Trinajstić information content (AvgIpc) is 2.98. The highest BCUT2D eigenvalue weighted by Crippen LogP contribution is 2.17. The monoisotopic (exact) mass is 309 g/mol. The van der Waals surface area contributed by atoms with Crippen LogP contribution in [0.25, 0.3) is 5.78 Å². The molecule has 1 aliphatic rings. The second-order valence-electron chi connectivity index (χ2n) is 5.58. The number of aryl methyl sites for hydroxylation is 1. The van der Waals surface area contributed by atoms with Gasteiger partial charge in [-0.15, -0.1) is 0 Å². The van der Waals surface area contributed by atoms with Gasteiger partial charge >= 0.3 is 0 Å². The Labute approximate surface area is 131 Å². The fourth-order valence-corrected chi connectivity index (χ4v) is 2.87. The zero-order chi connectivity index (χ0) is 15.8. The second kappa shape index (κ2) is 5.35. The summed E-state index contributed by atoms with van der Waals surface area (Å²) in [5.74, 6) is 0.215. The van der Waals surface area contributed by atoms with Crippen molar-refractivity contribution in [1.82, 2.24) is 19.6 Å². The molecule has 0 aliphatic heterocycles. The van der Waals surface area contributed by atoms with Crippen LogP contribution in [0, 0.1) is 0 Å². The highest BCUT2D eigenvalue weighted by molar-refractivity contribution is 6.03. The first-order valence-electron chi connectivity index (χ1n) is 7.59. The van der Waals surface area contributed by atoms with Crippen molar-refractivity contribution in [1.29, 1.82) is 0 Å². The number of anilines is 1. The maximum Gasteiger partial charge on any atom is 0.277 e. The van der Waals surface area contributed by atoms with Gasteiger partial charge < -0.3 is 0 Å². The molecule has 2 aromatic heterocycles. The number of hydrogen-bond acceptors (Lipinski definition) is 4. The summed E-state index contributed by atoms with van der Waals surface area (Å²) in [6.07, 6.45) is 3.59. The van der Waals surface area contributed by atoms with E-state index in [4.69, 9.17) is 0 Å². The van der Waals surface area contributed by atoms with E-state index in [0.29, 0.717) is 11.3 Å². The molecule has 7 heteroatoms. The lowest BCUT2D eigenvalue weighted by Gasteiger charge is -2.12. The number of aromatic nitrogens is 4. The SMILES string of the molecule is O=C(Nc1nc2nc3c(c(=O)n2[nH]1)CCCC3)c1ccccc1. The van der Waals surface area contributed by atoms with Crippen LogP contribution in [0.5, 0.6) is 0 Å². The van der Waals surface area contributed by atoms with Crippen LogP contribution in [-0.2, 0) is 12.8 Å². The summed E-state index contributed by atoms with van der Waals surface area (Å²) in [5, 5.41) is 5.47. The molecular formula is C16H15N5O2. The molecule has 1 aromatic carbocycles. The summed E-state index contributed by atoms with van der Waals surface area (Å²) in [6, 6.07) is 8.83. The molecule has 116 valence electrons. The van der Waals surface area contributed by atoms with Gasteiger partial charge in [-0.1, -0.05) is 18.2 Å². The minimum atomic E-state index is -0.289. The number of rotatable bonds is 2. The minimum absolute atomic E-state index is 0.127. The number of benzene rings is 1. The molecule has 0 fully saturated rings. The van der Waals surface area contributed by atoms with Crippen LogP contribution in [0.4, 0.5) is 5.95 Å². The van der Waals surface area contributed by atoms with Crippen molar-refractivity contribution in [2.75, 3.05) is 5.32 Å². The van der Waals surface area contributed by atoms with Gasteiger partial charge in [0.2, 0.25) is 5.95 Å². The van der Waals surface area contributed by atoms with E-state index in [1.165, 1.54) is 4.52 Å². The third-order valence-electron chi connectivity index (χ3n) is 4.03. The van der Waals surface area contributed by atoms with Gasteiger partial charge in [-0.2, -0.15) is 9.50 Å². The summed E-state index contributed by atoms with van der Waals surface area (Å²) in [5.41, 5.74) is 1.97. The topological polar surface area (TPSA) is 92.2 Å². The third kappa shape index (κ3) is 2.40. The van der Waals surface area contributed by atoms with Crippen molar-refractivity contribution >= 4 is 17.6 Å². The molecule has 0 spiro atoms. The molecule has 1 amide bonds. The number of H-pyrrole nitrogens is 1. The first-order valence-corrected chi connectivity index (χ1v) is 7.59. The van der Waals surface area contributed by atoms with E-state index in [1.54, 1.807) is 24.3 Å². The molecule has 0 unspecified atom stereocenters. The molecule has 0 atom stereocenters. The van der Waals surface area contributed by atoms with E-state index in [0.717, 1.165) is 36.9 Å². The molecule has 4 rings (SSSR count). The molecule has 2 heterocycles. The zero-order valence-corrected chi connectivity index (χ0v) is 12.4. The highest BCUT2D eigenvalue weighted by atomic mass is 16.2.